The van der Waals surface area contributed by atoms with Gasteiger partial charge in [0.05, 0.1) is 12.1 Å². The van der Waals surface area contributed by atoms with E-state index in [4.69, 9.17) is 16.3 Å². The van der Waals surface area contributed by atoms with E-state index in [9.17, 15) is 18.8 Å². The summed E-state index contributed by atoms with van der Waals surface area (Å²) in [6.45, 7) is 5.73. The molecule has 0 aromatic heterocycles. The van der Waals surface area contributed by atoms with Crippen molar-refractivity contribution < 1.29 is 23.5 Å². The van der Waals surface area contributed by atoms with Crippen LogP contribution in [0.1, 0.15) is 32.8 Å². The average molecular weight is 426 g/mol. The summed E-state index contributed by atoms with van der Waals surface area (Å²) in [5.41, 5.74) is -0.212. The molecule has 158 valence electrons. The van der Waals surface area contributed by atoms with Gasteiger partial charge < -0.3 is 20.3 Å². The number of halogens is 2. The number of amides is 3. The molecule has 0 unspecified atom stereocenters. The van der Waals surface area contributed by atoms with Gasteiger partial charge in [-0.1, -0.05) is 23.7 Å². The Morgan fingerprint density at radius 3 is 2.45 bits per heavy atom. The molecule has 1 aromatic rings. The predicted octanol–water partition coefficient (Wildman–Crippen LogP) is 2.89. The molecule has 2 atom stereocenters. The van der Waals surface area contributed by atoms with Gasteiger partial charge in [-0.25, -0.2) is 9.18 Å². The van der Waals surface area contributed by atoms with Crippen LogP contribution in [0.2, 0.25) is 5.02 Å². The van der Waals surface area contributed by atoms with E-state index in [0.29, 0.717) is 30.0 Å². The summed E-state index contributed by atoms with van der Waals surface area (Å²) in [7, 11) is 0. The van der Waals surface area contributed by atoms with Crippen molar-refractivity contribution in [1.82, 2.24) is 15.5 Å². The molecule has 0 radical (unpaired) electrons. The number of carbonyl (C=O) groups is 3. The van der Waals surface area contributed by atoms with E-state index in [1.54, 1.807) is 45.0 Å². The highest BCUT2D eigenvalue weighted by Gasteiger charge is 2.33. The zero-order valence-corrected chi connectivity index (χ0v) is 17.3. The molecule has 0 saturated carbocycles. The largest absolute Gasteiger partial charge is 0.444 e. The molecule has 1 fully saturated rings. The zero-order chi connectivity index (χ0) is 21.6. The molecule has 0 bridgehead atoms. The SMILES string of the molecule is CC(C)(C)OC(=O)N[C@@H]1CN(C=O)CC[C@@H]1NC(=O)/C(F)=C/c1ccc(Cl)cc1. The number of hydrogen-bond donors (Lipinski definition) is 2. The van der Waals surface area contributed by atoms with Gasteiger partial charge in [0.15, 0.2) is 5.83 Å². The van der Waals surface area contributed by atoms with E-state index in [-0.39, 0.29) is 6.54 Å². The predicted molar refractivity (Wildman–Crippen MR) is 108 cm³/mol. The van der Waals surface area contributed by atoms with Gasteiger partial charge in [0, 0.05) is 18.1 Å². The summed E-state index contributed by atoms with van der Waals surface area (Å²) >= 11 is 5.79. The summed E-state index contributed by atoms with van der Waals surface area (Å²) in [6, 6.07) is 5.19. The van der Waals surface area contributed by atoms with Crippen molar-refractivity contribution in [2.24, 2.45) is 0 Å². The molecule has 1 saturated heterocycles. The lowest BCUT2D eigenvalue weighted by atomic mass is 9.99. The molecule has 0 aliphatic carbocycles. The number of likely N-dealkylation sites (tertiary alicyclic amines) is 1. The number of alkyl carbamates (subject to hydrolysis) is 1. The first-order chi connectivity index (χ1) is 13.6. The van der Waals surface area contributed by atoms with Crippen molar-refractivity contribution in [2.45, 2.75) is 44.9 Å². The van der Waals surface area contributed by atoms with E-state index >= 15 is 0 Å². The van der Waals surface area contributed by atoms with E-state index in [1.165, 1.54) is 4.90 Å². The molecule has 0 spiro atoms. The topological polar surface area (TPSA) is 87.7 Å². The molecule has 2 rings (SSSR count). The van der Waals surface area contributed by atoms with Crippen LogP contribution in [0.3, 0.4) is 0 Å². The maximum Gasteiger partial charge on any atom is 0.408 e. The smallest absolute Gasteiger partial charge is 0.408 e. The Morgan fingerprint density at radius 1 is 1.21 bits per heavy atom. The fourth-order valence-electron chi connectivity index (χ4n) is 2.86. The van der Waals surface area contributed by atoms with Crippen LogP contribution in [-0.2, 0) is 14.3 Å². The van der Waals surface area contributed by atoms with Gasteiger partial charge in [0.1, 0.15) is 5.60 Å². The second-order valence-corrected chi connectivity index (χ2v) is 8.20. The van der Waals surface area contributed by atoms with Gasteiger partial charge in [0.2, 0.25) is 6.41 Å². The summed E-state index contributed by atoms with van der Waals surface area (Å²) in [5, 5.41) is 5.75. The van der Waals surface area contributed by atoms with Crippen LogP contribution in [0, 0.1) is 0 Å². The van der Waals surface area contributed by atoms with Gasteiger partial charge >= 0.3 is 6.09 Å². The Hall–Kier alpha value is -2.61. The van der Waals surface area contributed by atoms with E-state index in [2.05, 4.69) is 10.6 Å². The highest BCUT2D eigenvalue weighted by molar-refractivity contribution is 6.30. The van der Waals surface area contributed by atoms with Gasteiger partial charge in [-0.2, -0.15) is 0 Å². The Balaban J connectivity index is 2.06. The zero-order valence-electron chi connectivity index (χ0n) is 16.6. The quantitative estimate of drug-likeness (QED) is 0.561. The number of hydrogen-bond acceptors (Lipinski definition) is 4. The maximum atomic E-state index is 14.3. The molecule has 1 aliphatic heterocycles. The summed E-state index contributed by atoms with van der Waals surface area (Å²) < 4.78 is 19.6. The standard InChI is InChI=1S/C20H25ClFN3O4/c1-20(2,3)29-19(28)24-17-11-25(12-26)9-8-16(17)23-18(27)15(22)10-13-4-6-14(21)7-5-13/h4-7,10,12,16-17H,8-9,11H2,1-3H3,(H,23,27)(H,24,28)/b15-10-/t16-,17+/m0/s1. The first kappa shape index (κ1) is 22.7. The van der Waals surface area contributed by atoms with Crippen LogP contribution >= 0.6 is 11.6 Å². The minimum absolute atomic E-state index is 0.177. The number of carbonyl (C=O) groups excluding carboxylic acids is 3. The van der Waals surface area contributed by atoms with Crippen LogP contribution in [-0.4, -0.2) is 54.1 Å². The molecular formula is C20H25ClFN3O4. The summed E-state index contributed by atoms with van der Waals surface area (Å²) in [4.78, 5) is 37.0. The highest BCUT2D eigenvalue weighted by atomic mass is 35.5. The van der Waals surface area contributed by atoms with Crippen molar-refractivity contribution >= 4 is 36.1 Å². The van der Waals surface area contributed by atoms with Crippen LogP contribution in [0.15, 0.2) is 30.1 Å². The fourth-order valence-corrected chi connectivity index (χ4v) is 2.99. The van der Waals surface area contributed by atoms with Crippen LogP contribution in [0.4, 0.5) is 9.18 Å². The third kappa shape index (κ3) is 7.38. The van der Waals surface area contributed by atoms with Crippen LogP contribution in [0.25, 0.3) is 6.08 Å². The Labute approximate surface area is 174 Å². The average Bonchev–Trinajstić information content (AvgIpc) is 2.63. The van der Waals surface area contributed by atoms with Gasteiger partial charge in [-0.15, -0.1) is 0 Å². The Kier molecular flexibility index (Phi) is 7.61. The number of benzene rings is 1. The van der Waals surface area contributed by atoms with Crippen molar-refractivity contribution in [3.63, 3.8) is 0 Å². The number of nitrogens with zero attached hydrogens (tertiary/aromatic N) is 1. The van der Waals surface area contributed by atoms with E-state index < -0.39 is 35.5 Å². The molecule has 29 heavy (non-hydrogen) atoms. The normalized spacial score (nSPS) is 20.0. The third-order valence-corrected chi connectivity index (χ3v) is 4.44. The summed E-state index contributed by atoms with van der Waals surface area (Å²) in [5.74, 6) is -1.87. The second kappa shape index (κ2) is 9.73. The molecule has 1 heterocycles. The van der Waals surface area contributed by atoms with Gasteiger partial charge in [-0.05, 0) is 51.0 Å². The number of rotatable bonds is 5. The third-order valence-electron chi connectivity index (χ3n) is 4.19. The minimum atomic E-state index is -0.971. The monoisotopic (exact) mass is 425 g/mol. The highest BCUT2D eigenvalue weighted by Crippen LogP contribution is 2.16. The number of nitrogens with one attached hydrogen (secondary N) is 2. The Morgan fingerprint density at radius 2 is 1.86 bits per heavy atom. The Bertz CT molecular complexity index is 777. The van der Waals surface area contributed by atoms with Gasteiger partial charge in [-0.3, -0.25) is 9.59 Å². The number of ether oxygens (including phenoxy) is 1. The van der Waals surface area contributed by atoms with E-state index in [1.807, 2.05) is 0 Å². The van der Waals surface area contributed by atoms with Gasteiger partial charge in [0.25, 0.3) is 5.91 Å². The van der Waals surface area contributed by atoms with E-state index in [0.717, 1.165) is 6.08 Å². The van der Waals surface area contributed by atoms with Crippen LogP contribution in [0.5, 0.6) is 0 Å². The van der Waals surface area contributed by atoms with Crippen LogP contribution < -0.4 is 10.6 Å². The van der Waals surface area contributed by atoms with Crippen molar-refractivity contribution in [3.8, 4) is 0 Å². The molecule has 1 aliphatic rings. The lowest BCUT2D eigenvalue weighted by Gasteiger charge is -2.37. The molecule has 9 heteroatoms. The second-order valence-electron chi connectivity index (χ2n) is 7.77. The van der Waals surface area contributed by atoms with Crippen molar-refractivity contribution in [2.75, 3.05) is 13.1 Å². The fraction of sp³-hybridized carbons (Fsp3) is 0.450. The first-order valence-electron chi connectivity index (χ1n) is 9.20. The molecule has 7 nitrogen and oxygen atoms in total. The number of piperidine rings is 1. The molecular weight excluding hydrogens is 401 g/mol. The molecule has 3 amide bonds. The molecule has 1 aromatic carbocycles. The van der Waals surface area contributed by atoms with Crippen molar-refractivity contribution in [1.29, 1.82) is 0 Å². The molecule has 2 N–H and O–H groups in total. The lowest BCUT2D eigenvalue weighted by molar-refractivity contribution is -0.121. The first-order valence-corrected chi connectivity index (χ1v) is 9.57. The minimum Gasteiger partial charge on any atom is -0.444 e. The summed E-state index contributed by atoms with van der Waals surface area (Å²) in [6.07, 6.45) is 1.46. The maximum absolute atomic E-state index is 14.3. The van der Waals surface area contributed by atoms with Crippen molar-refractivity contribution in [3.05, 3.63) is 40.7 Å². The lowest BCUT2D eigenvalue weighted by Crippen LogP contribution is -2.60.